The molecule has 16 nitrogen and oxygen atoms in total. The molecule has 0 unspecified atom stereocenters. The van der Waals surface area contributed by atoms with E-state index in [4.69, 9.17) is 37.9 Å². The van der Waals surface area contributed by atoms with E-state index in [1.165, 1.54) is 42.7 Å². The number of benzene rings is 4. The van der Waals surface area contributed by atoms with Crippen molar-refractivity contribution in [3.05, 3.63) is 70.8 Å². The fourth-order valence-corrected chi connectivity index (χ4v) is 6.28. The van der Waals surface area contributed by atoms with Crippen LogP contribution in [-0.2, 0) is 22.3 Å². The van der Waals surface area contributed by atoms with Crippen molar-refractivity contribution < 1.29 is 78.1 Å². The van der Waals surface area contributed by atoms with Gasteiger partial charge in [0.05, 0.1) is 67.0 Å². The number of phenols is 6. The molecule has 0 aliphatic rings. The topological polar surface area (TPSA) is 229 Å². The third-order valence-electron chi connectivity index (χ3n) is 9.10. The zero-order valence-electron chi connectivity index (χ0n) is 31.8. The predicted octanol–water partition coefficient (Wildman–Crippen LogP) is 5.48. The van der Waals surface area contributed by atoms with Gasteiger partial charge in [0.25, 0.3) is 0 Å². The van der Waals surface area contributed by atoms with E-state index < -0.39 is 52.4 Å². The number of phenolic OH excluding ortho intramolecular Hbond substituents is 6. The lowest BCUT2D eigenvalue weighted by Crippen LogP contribution is -2.27. The lowest BCUT2D eigenvalue weighted by Gasteiger charge is -2.28. The first-order chi connectivity index (χ1) is 26.8. The van der Waals surface area contributed by atoms with Crippen LogP contribution >= 0.6 is 0 Å². The van der Waals surface area contributed by atoms with Gasteiger partial charge in [-0.1, -0.05) is 0 Å². The van der Waals surface area contributed by atoms with E-state index in [0.717, 1.165) is 35.4 Å². The minimum absolute atomic E-state index is 0.0876. The Hall–Kier alpha value is -6.58. The number of esters is 2. The van der Waals surface area contributed by atoms with Gasteiger partial charge in [0.15, 0.2) is 57.5 Å². The van der Waals surface area contributed by atoms with E-state index >= 15 is 0 Å². The molecule has 56 heavy (non-hydrogen) atoms. The average Bonchev–Trinajstić information content (AvgIpc) is 3.19. The molecule has 0 bridgehead atoms. The zero-order valence-corrected chi connectivity index (χ0v) is 31.8. The number of carbonyl (C=O) groups excluding carboxylic acids is 2. The summed E-state index contributed by atoms with van der Waals surface area (Å²) in [5, 5.41) is 59.3. The molecule has 0 radical (unpaired) electrons. The molecule has 0 aliphatic carbocycles. The Morgan fingerprint density at radius 3 is 1.21 bits per heavy atom. The van der Waals surface area contributed by atoms with Crippen molar-refractivity contribution in [3.63, 3.8) is 0 Å². The summed E-state index contributed by atoms with van der Waals surface area (Å²) in [5.41, 5.74) is 1.12. The number of aromatic hydroxyl groups is 6. The molecule has 302 valence electrons. The van der Waals surface area contributed by atoms with E-state index in [2.05, 4.69) is 0 Å². The maximum absolute atomic E-state index is 13.3. The molecule has 0 saturated carbocycles. The number of carbonyl (C=O) groups is 2. The van der Waals surface area contributed by atoms with Crippen molar-refractivity contribution in [2.45, 2.75) is 25.7 Å². The quantitative estimate of drug-likeness (QED) is 0.0393. The van der Waals surface area contributed by atoms with Crippen molar-refractivity contribution in [1.29, 1.82) is 0 Å². The molecule has 0 amide bonds. The van der Waals surface area contributed by atoms with Gasteiger partial charge in [-0.25, -0.2) is 9.59 Å². The summed E-state index contributed by atoms with van der Waals surface area (Å²) >= 11 is 0. The van der Waals surface area contributed by atoms with Crippen LogP contribution in [0.5, 0.6) is 69.0 Å². The molecule has 4 rings (SSSR count). The molecular weight excluding hydrogens is 736 g/mol. The normalized spacial score (nSPS) is 11.9. The van der Waals surface area contributed by atoms with E-state index in [9.17, 15) is 40.2 Å². The highest BCUT2D eigenvalue weighted by molar-refractivity contribution is 5.91. The molecule has 0 aliphatic heterocycles. The first-order valence-electron chi connectivity index (χ1n) is 17.2. The van der Waals surface area contributed by atoms with Crippen LogP contribution in [0.4, 0.5) is 0 Å². The third kappa shape index (κ3) is 9.93. The van der Waals surface area contributed by atoms with Crippen LogP contribution in [0.25, 0.3) is 0 Å². The average molecular weight is 783 g/mol. The summed E-state index contributed by atoms with van der Waals surface area (Å²) in [5.74, 6) is -4.51. The van der Waals surface area contributed by atoms with Crippen molar-refractivity contribution in [2.75, 3.05) is 55.9 Å². The predicted molar refractivity (Wildman–Crippen MR) is 199 cm³/mol. The number of hydrogen-bond acceptors (Lipinski definition) is 16. The van der Waals surface area contributed by atoms with Gasteiger partial charge in [0, 0.05) is 5.92 Å². The molecule has 0 heterocycles. The minimum Gasteiger partial charge on any atom is -0.504 e. The lowest BCUT2D eigenvalue weighted by atomic mass is 9.80. The van der Waals surface area contributed by atoms with Gasteiger partial charge in [-0.15, -0.1) is 0 Å². The smallest absolute Gasteiger partial charge is 0.338 e. The maximum Gasteiger partial charge on any atom is 0.338 e. The molecule has 4 aromatic carbocycles. The highest BCUT2D eigenvalue weighted by atomic mass is 16.5. The Bertz CT molecular complexity index is 1910. The van der Waals surface area contributed by atoms with Crippen LogP contribution in [0, 0.1) is 11.8 Å². The van der Waals surface area contributed by atoms with Gasteiger partial charge in [-0.05, 0) is 91.3 Å². The molecule has 6 N–H and O–H groups in total. The van der Waals surface area contributed by atoms with E-state index in [0.29, 0.717) is 53.8 Å². The van der Waals surface area contributed by atoms with Gasteiger partial charge < -0.3 is 68.5 Å². The third-order valence-corrected chi connectivity index (χ3v) is 9.10. The Kier molecular flexibility index (Phi) is 14.4. The van der Waals surface area contributed by atoms with Crippen LogP contribution in [0.3, 0.4) is 0 Å². The fraction of sp³-hybridized carbons (Fsp3) is 0.350. The summed E-state index contributed by atoms with van der Waals surface area (Å²) in [7, 11) is 8.92. The summed E-state index contributed by atoms with van der Waals surface area (Å²) in [4.78, 5) is 26.1. The molecule has 4 aromatic rings. The summed E-state index contributed by atoms with van der Waals surface area (Å²) < 4.78 is 44.6. The highest BCUT2D eigenvalue weighted by Gasteiger charge is 2.28. The standard InChI is InChI=1S/C40H46O16/c1-49-31-12-21(13-32(50-2)37(31)53-5)10-23(8-7-9-55-39(47)24-16-27(41)35(45)28(42)17-24)26(11-22-14-33(51-3)38(54-6)34(15-22)52-4)20-56-40(48)25-18-29(43)36(46)30(44)19-25/h12-19,23,26,41-46H,7-11,20H2,1-6H3/t23-,26+/m0/s1. The second kappa shape index (κ2) is 19.1. The zero-order chi connectivity index (χ0) is 41.1. The largest absolute Gasteiger partial charge is 0.504 e. The van der Waals surface area contributed by atoms with Crippen molar-refractivity contribution >= 4 is 11.9 Å². The van der Waals surface area contributed by atoms with Gasteiger partial charge in [-0.2, -0.15) is 0 Å². The molecule has 0 saturated heterocycles. The lowest BCUT2D eigenvalue weighted by molar-refractivity contribution is 0.0361. The number of hydrogen-bond donors (Lipinski definition) is 6. The Balaban J connectivity index is 1.72. The number of ether oxygens (including phenoxy) is 8. The summed E-state index contributed by atoms with van der Waals surface area (Å²) in [6, 6.07) is 11.0. The van der Waals surface area contributed by atoms with Gasteiger partial charge in [0.2, 0.25) is 11.5 Å². The molecule has 0 aromatic heterocycles. The van der Waals surface area contributed by atoms with Crippen molar-refractivity contribution in [1.82, 2.24) is 0 Å². The van der Waals surface area contributed by atoms with Crippen LogP contribution in [0.2, 0.25) is 0 Å². The van der Waals surface area contributed by atoms with Gasteiger partial charge in [-0.3, -0.25) is 0 Å². The van der Waals surface area contributed by atoms with E-state index in [1.54, 1.807) is 24.3 Å². The Morgan fingerprint density at radius 2 is 0.857 bits per heavy atom. The van der Waals surface area contributed by atoms with Gasteiger partial charge >= 0.3 is 11.9 Å². The number of methoxy groups -OCH3 is 6. The molecular formula is C40H46O16. The van der Waals surface area contributed by atoms with Crippen LogP contribution in [0.1, 0.15) is 44.7 Å². The fourth-order valence-electron chi connectivity index (χ4n) is 6.28. The second-order valence-corrected chi connectivity index (χ2v) is 12.6. The number of rotatable bonds is 19. The first kappa shape index (κ1) is 42.2. The first-order valence-corrected chi connectivity index (χ1v) is 17.2. The van der Waals surface area contributed by atoms with Crippen molar-refractivity contribution in [3.8, 4) is 69.0 Å². The van der Waals surface area contributed by atoms with Crippen molar-refractivity contribution in [2.24, 2.45) is 11.8 Å². The highest BCUT2D eigenvalue weighted by Crippen LogP contribution is 2.42. The van der Waals surface area contributed by atoms with Gasteiger partial charge in [0.1, 0.15) is 0 Å². The molecule has 2 atom stereocenters. The summed E-state index contributed by atoms with van der Waals surface area (Å²) in [6.45, 7) is -0.269. The minimum atomic E-state index is -0.883. The molecule has 0 spiro atoms. The molecule has 0 fully saturated rings. The van der Waals surface area contributed by atoms with Crippen LogP contribution in [0.15, 0.2) is 48.5 Å². The molecule has 16 heteroatoms. The Labute approximate surface area is 322 Å². The summed E-state index contributed by atoms with van der Waals surface area (Å²) in [6.07, 6.45) is 1.34. The SMILES string of the molecule is COc1cc(C[C@H](CCCOC(=O)c2cc(O)c(O)c(O)c2)[C@@H](COC(=O)c2cc(O)c(O)c(O)c2)Cc2cc(OC)c(OC)c(OC)c2)cc(OC)c1OC. The Morgan fingerprint density at radius 1 is 0.500 bits per heavy atom. The van der Waals surface area contributed by atoms with Crippen LogP contribution in [-0.4, -0.2) is 98.5 Å². The second-order valence-electron chi connectivity index (χ2n) is 12.6. The monoisotopic (exact) mass is 782 g/mol. The maximum atomic E-state index is 13.3. The van der Waals surface area contributed by atoms with E-state index in [-0.39, 0.29) is 36.7 Å². The van der Waals surface area contributed by atoms with Crippen LogP contribution < -0.4 is 28.4 Å². The van der Waals surface area contributed by atoms with E-state index in [1.807, 2.05) is 0 Å².